The van der Waals surface area contributed by atoms with Crippen molar-refractivity contribution in [1.29, 1.82) is 0 Å². The first-order chi connectivity index (χ1) is 5.18. The molecular weight excluding hydrogens is 150 g/mol. The third-order valence-corrected chi connectivity index (χ3v) is 1.30. The first-order valence-corrected chi connectivity index (χ1v) is 2.92. The lowest BCUT2D eigenvalue weighted by molar-refractivity contribution is 0.0423. The van der Waals surface area contributed by atoms with Gasteiger partial charge in [-0.25, -0.2) is 14.6 Å². The first-order valence-electron chi connectivity index (χ1n) is 2.92. The van der Waals surface area contributed by atoms with E-state index in [2.05, 4.69) is 9.72 Å². The Morgan fingerprint density at radius 1 is 1.27 bits per heavy atom. The van der Waals surface area contributed by atoms with Gasteiger partial charge >= 0.3 is 11.9 Å². The van der Waals surface area contributed by atoms with Gasteiger partial charge in [0.2, 0.25) is 11.5 Å². The van der Waals surface area contributed by atoms with Crippen molar-refractivity contribution < 1.29 is 18.7 Å². The van der Waals surface area contributed by atoms with Crippen molar-refractivity contribution in [1.82, 2.24) is 4.98 Å². The monoisotopic (exact) mass is 153 g/mol. The van der Waals surface area contributed by atoms with Crippen LogP contribution >= 0.6 is 0 Å². The van der Waals surface area contributed by atoms with Crippen LogP contribution in [0.25, 0.3) is 0 Å². The van der Waals surface area contributed by atoms with Crippen LogP contribution in [0.5, 0.6) is 0 Å². The molecule has 5 heteroatoms. The predicted molar refractivity (Wildman–Crippen MR) is 31.0 cm³/mol. The molecule has 0 radical (unpaired) electrons. The zero-order valence-corrected chi connectivity index (χ0v) is 5.58. The molecule has 0 fully saturated rings. The van der Waals surface area contributed by atoms with Crippen molar-refractivity contribution in [2.24, 2.45) is 0 Å². The topological polar surface area (TPSA) is 69.4 Å². The summed E-state index contributed by atoms with van der Waals surface area (Å²) >= 11 is 0. The predicted octanol–water partition coefficient (Wildman–Crippen LogP) is 0.294. The fourth-order valence-corrected chi connectivity index (χ4v) is 0.883. The van der Waals surface area contributed by atoms with Crippen LogP contribution in [0, 0.1) is 6.92 Å². The Hall–Kier alpha value is -1.65. The van der Waals surface area contributed by atoms with Crippen LogP contribution in [0.2, 0.25) is 0 Å². The molecule has 0 saturated heterocycles. The number of hydrogen-bond acceptors (Lipinski definition) is 5. The number of aromatic nitrogens is 1. The molecule has 2 heterocycles. The zero-order valence-electron chi connectivity index (χ0n) is 5.58. The molecule has 0 N–H and O–H groups in total. The summed E-state index contributed by atoms with van der Waals surface area (Å²) < 4.78 is 8.99. The molecule has 0 saturated carbocycles. The quantitative estimate of drug-likeness (QED) is 0.395. The third-order valence-electron chi connectivity index (χ3n) is 1.30. The SMILES string of the molecule is Cc1nc2c(o1)C(=O)OC2=O. The van der Waals surface area contributed by atoms with Crippen LogP contribution in [-0.2, 0) is 4.74 Å². The first kappa shape index (κ1) is 6.09. The summed E-state index contributed by atoms with van der Waals surface area (Å²) in [6, 6.07) is 0. The number of ether oxygens (including phenoxy) is 1. The zero-order chi connectivity index (χ0) is 8.01. The lowest BCUT2D eigenvalue weighted by Gasteiger charge is -1.85. The molecule has 0 unspecified atom stereocenters. The largest absolute Gasteiger partial charge is 0.433 e. The number of rotatable bonds is 0. The second-order valence-corrected chi connectivity index (χ2v) is 2.09. The van der Waals surface area contributed by atoms with Gasteiger partial charge in [-0.1, -0.05) is 0 Å². The molecule has 56 valence electrons. The number of fused-ring (bicyclic) bond motifs is 1. The van der Waals surface area contributed by atoms with E-state index >= 15 is 0 Å². The van der Waals surface area contributed by atoms with Gasteiger partial charge in [0.05, 0.1) is 0 Å². The number of carbonyl (C=O) groups is 2. The molecule has 0 bridgehead atoms. The molecule has 0 atom stereocenters. The number of aryl methyl sites for hydroxylation is 1. The van der Waals surface area contributed by atoms with Crippen LogP contribution < -0.4 is 0 Å². The fourth-order valence-electron chi connectivity index (χ4n) is 0.883. The molecule has 2 rings (SSSR count). The Morgan fingerprint density at radius 3 is 2.64 bits per heavy atom. The van der Waals surface area contributed by atoms with E-state index in [1.165, 1.54) is 0 Å². The highest BCUT2D eigenvalue weighted by Crippen LogP contribution is 2.19. The molecule has 0 aliphatic carbocycles. The molecule has 0 aromatic carbocycles. The van der Waals surface area contributed by atoms with Crippen LogP contribution in [0.1, 0.15) is 26.9 Å². The Kier molecular flexibility index (Phi) is 0.934. The van der Waals surface area contributed by atoms with Crippen molar-refractivity contribution in [3.63, 3.8) is 0 Å². The summed E-state index contributed by atoms with van der Waals surface area (Å²) in [6.07, 6.45) is 0. The van der Waals surface area contributed by atoms with E-state index in [0.29, 0.717) is 5.89 Å². The lowest BCUT2D eigenvalue weighted by atomic mass is 10.4. The van der Waals surface area contributed by atoms with Gasteiger partial charge in [0.1, 0.15) is 0 Å². The minimum atomic E-state index is -0.759. The van der Waals surface area contributed by atoms with Gasteiger partial charge in [-0.05, 0) is 0 Å². The van der Waals surface area contributed by atoms with Crippen molar-refractivity contribution >= 4 is 11.9 Å². The van der Waals surface area contributed by atoms with Gasteiger partial charge in [0.25, 0.3) is 0 Å². The molecule has 11 heavy (non-hydrogen) atoms. The standard InChI is InChI=1S/C6H3NO4/c1-2-7-3-4(10-2)6(9)11-5(3)8/h1H3. The molecule has 0 amide bonds. The second kappa shape index (κ2) is 1.69. The highest BCUT2D eigenvalue weighted by molar-refractivity contribution is 6.11. The Morgan fingerprint density at radius 2 is 2.00 bits per heavy atom. The van der Waals surface area contributed by atoms with Crippen LogP contribution in [0.3, 0.4) is 0 Å². The van der Waals surface area contributed by atoms with Gasteiger partial charge in [0.15, 0.2) is 5.89 Å². The average molecular weight is 153 g/mol. The molecule has 1 aromatic rings. The average Bonchev–Trinajstić information content (AvgIpc) is 2.38. The number of nitrogens with zero attached hydrogens (tertiary/aromatic N) is 1. The number of oxazole rings is 1. The normalized spacial score (nSPS) is 15.0. The molecule has 0 spiro atoms. The minimum absolute atomic E-state index is 0.0208. The molecule has 1 aromatic heterocycles. The second-order valence-electron chi connectivity index (χ2n) is 2.09. The molecular formula is C6H3NO4. The van der Waals surface area contributed by atoms with Crippen molar-refractivity contribution in [3.05, 3.63) is 17.3 Å². The summed E-state index contributed by atoms with van der Waals surface area (Å²) in [6.45, 7) is 1.55. The maximum absolute atomic E-state index is 10.7. The van der Waals surface area contributed by atoms with Gasteiger partial charge in [0, 0.05) is 6.92 Å². The van der Waals surface area contributed by atoms with Gasteiger partial charge in [-0.15, -0.1) is 0 Å². The maximum Gasteiger partial charge on any atom is 0.384 e. The number of esters is 2. The van der Waals surface area contributed by atoms with Crippen LogP contribution in [-0.4, -0.2) is 16.9 Å². The van der Waals surface area contributed by atoms with Crippen LogP contribution in [0.4, 0.5) is 0 Å². The molecule has 5 nitrogen and oxygen atoms in total. The van der Waals surface area contributed by atoms with E-state index in [-0.39, 0.29) is 11.5 Å². The minimum Gasteiger partial charge on any atom is -0.433 e. The van der Waals surface area contributed by atoms with E-state index in [9.17, 15) is 9.59 Å². The highest BCUT2D eigenvalue weighted by atomic mass is 16.6. The summed E-state index contributed by atoms with van der Waals surface area (Å²) in [5.41, 5.74) is -0.0208. The fraction of sp³-hybridized carbons (Fsp3) is 0.167. The number of carbonyl (C=O) groups excluding carboxylic acids is 2. The Bertz CT molecular complexity index is 320. The summed E-state index contributed by atoms with van der Waals surface area (Å²) in [5.74, 6) is -1.29. The third kappa shape index (κ3) is 0.674. The Labute approximate surface area is 61.0 Å². The van der Waals surface area contributed by atoms with Crippen molar-refractivity contribution in [2.75, 3.05) is 0 Å². The summed E-state index contributed by atoms with van der Waals surface area (Å²) in [4.78, 5) is 25.1. The van der Waals surface area contributed by atoms with E-state index < -0.39 is 11.9 Å². The van der Waals surface area contributed by atoms with Gasteiger partial charge in [-0.2, -0.15) is 0 Å². The molecule has 1 aliphatic rings. The van der Waals surface area contributed by atoms with E-state index in [1.54, 1.807) is 6.92 Å². The number of cyclic esters (lactones) is 2. The van der Waals surface area contributed by atoms with E-state index in [4.69, 9.17) is 4.42 Å². The highest BCUT2D eigenvalue weighted by Gasteiger charge is 2.35. The lowest BCUT2D eigenvalue weighted by Crippen LogP contribution is -1.99. The summed E-state index contributed by atoms with van der Waals surface area (Å²) in [7, 11) is 0. The summed E-state index contributed by atoms with van der Waals surface area (Å²) in [5, 5.41) is 0. The Balaban J connectivity index is 2.67. The van der Waals surface area contributed by atoms with Crippen LogP contribution in [0.15, 0.2) is 4.42 Å². The van der Waals surface area contributed by atoms with E-state index in [1.807, 2.05) is 0 Å². The smallest absolute Gasteiger partial charge is 0.384 e. The van der Waals surface area contributed by atoms with Gasteiger partial charge in [-0.3, -0.25) is 0 Å². The van der Waals surface area contributed by atoms with Gasteiger partial charge < -0.3 is 9.15 Å². The van der Waals surface area contributed by atoms with E-state index in [0.717, 1.165) is 0 Å². The molecule has 1 aliphatic heterocycles. The van der Waals surface area contributed by atoms with Crippen molar-refractivity contribution in [2.45, 2.75) is 6.92 Å². The van der Waals surface area contributed by atoms with Crippen molar-refractivity contribution in [3.8, 4) is 0 Å². The number of hydrogen-bond donors (Lipinski definition) is 0. The maximum atomic E-state index is 10.7.